The molecular weight excluding hydrogens is 222 g/mol. The zero-order valence-corrected chi connectivity index (χ0v) is 10.3. The van der Waals surface area contributed by atoms with Gasteiger partial charge in [-0.05, 0) is 29.5 Å². The van der Waals surface area contributed by atoms with E-state index >= 15 is 0 Å². The molecule has 0 saturated heterocycles. The molecule has 0 N–H and O–H groups in total. The molecule has 0 aromatic heterocycles. The Balaban J connectivity index is 2.23. The van der Waals surface area contributed by atoms with Crippen molar-refractivity contribution in [2.45, 2.75) is 19.3 Å². The molecule has 2 nitrogen and oxygen atoms in total. The SMILES string of the molecule is CC(Cc1ccccc1)c1ccccc1N=C=O. The summed E-state index contributed by atoms with van der Waals surface area (Å²) in [6.07, 6.45) is 2.55. The summed E-state index contributed by atoms with van der Waals surface area (Å²) in [5.74, 6) is 0.320. The van der Waals surface area contributed by atoms with Crippen molar-refractivity contribution in [3.63, 3.8) is 0 Å². The molecule has 0 amide bonds. The second-order valence-corrected chi connectivity index (χ2v) is 4.35. The molecule has 0 radical (unpaired) electrons. The molecule has 0 spiro atoms. The van der Waals surface area contributed by atoms with Gasteiger partial charge in [-0.3, -0.25) is 0 Å². The Morgan fingerprint density at radius 2 is 1.72 bits per heavy atom. The van der Waals surface area contributed by atoms with Crippen LogP contribution in [0.25, 0.3) is 0 Å². The van der Waals surface area contributed by atoms with Crippen LogP contribution in [0.1, 0.15) is 24.0 Å². The lowest BCUT2D eigenvalue weighted by Crippen LogP contribution is -1.98. The fraction of sp³-hybridized carbons (Fsp3) is 0.188. The summed E-state index contributed by atoms with van der Waals surface area (Å²) in [5, 5.41) is 0. The number of para-hydroxylation sites is 1. The third-order valence-corrected chi connectivity index (χ3v) is 3.02. The zero-order valence-electron chi connectivity index (χ0n) is 10.3. The summed E-state index contributed by atoms with van der Waals surface area (Å²) in [4.78, 5) is 14.2. The van der Waals surface area contributed by atoms with Crippen LogP contribution < -0.4 is 0 Å². The van der Waals surface area contributed by atoms with Crippen molar-refractivity contribution in [3.05, 3.63) is 65.7 Å². The Labute approximate surface area is 107 Å². The summed E-state index contributed by atoms with van der Waals surface area (Å²) < 4.78 is 0. The predicted molar refractivity (Wildman–Crippen MR) is 72.8 cm³/mol. The van der Waals surface area contributed by atoms with Crippen LogP contribution in [-0.2, 0) is 11.2 Å². The second-order valence-electron chi connectivity index (χ2n) is 4.35. The average Bonchev–Trinajstić information content (AvgIpc) is 2.41. The van der Waals surface area contributed by atoms with E-state index in [1.165, 1.54) is 5.56 Å². The van der Waals surface area contributed by atoms with Gasteiger partial charge in [-0.1, -0.05) is 55.5 Å². The number of carbonyl (C=O) groups excluding carboxylic acids is 1. The molecule has 2 rings (SSSR count). The van der Waals surface area contributed by atoms with Crippen LogP contribution in [-0.4, -0.2) is 6.08 Å². The first-order valence-electron chi connectivity index (χ1n) is 6.02. The van der Waals surface area contributed by atoms with Gasteiger partial charge in [0.25, 0.3) is 0 Å². The van der Waals surface area contributed by atoms with E-state index in [0.717, 1.165) is 17.7 Å². The molecule has 2 heteroatoms. The minimum Gasteiger partial charge on any atom is -0.211 e. The number of nitrogens with zero attached hydrogens (tertiary/aromatic N) is 1. The number of hydrogen-bond acceptors (Lipinski definition) is 2. The molecule has 0 aliphatic heterocycles. The molecule has 2 aromatic carbocycles. The highest BCUT2D eigenvalue weighted by atomic mass is 16.1. The molecule has 2 aromatic rings. The number of aliphatic imine (C=N–C) groups is 1. The highest BCUT2D eigenvalue weighted by molar-refractivity contribution is 5.54. The Kier molecular flexibility index (Phi) is 4.06. The molecular formula is C16H15NO. The highest BCUT2D eigenvalue weighted by Crippen LogP contribution is 2.28. The maximum atomic E-state index is 10.4. The lowest BCUT2D eigenvalue weighted by Gasteiger charge is -2.13. The van der Waals surface area contributed by atoms with E-state index < -0.39 is 0 Å². The van der Waals surface area contributed by atoms with Gasteiger partial charge in [-0.25, -0.2) is 4.79 Å². The zero-order chi connectivity index (χ0) is 12.8. The first-order chi connectivity index (χ1) is 8.81. The van der Waals surface area contributed by atoms with E-state index in [1.807, 2.05) is 42.5 Å². The van der Waals surface area contributed by atoms with Crippen molar-refractivity contribution < 1.29 is 4.79 Å². The number of hydrogen-bond donors (Lipinski definition) is 0. The smallest absolute Gasteiger partial charge is 0.211 e. The second kappa shape index (κ2) is 5.95. The minimum absolute atomic E-state index is 0.320. The topological polar surface area (TPSA) is 29.4 Å². The van der Waals surface area contributed by atoms with Crippen LogP contribution in [0.15, 0.2) is 59.6 Å². The van der Waals surface area contributed by atoms with Crippen LogP contribution in [0, 0.1) is 0 Å². The maximum Gasteiger partial charge on any atom is 0.240 e. The van der Waals surface area contributed by atoms with E-state index in [9.17, 15) is 4.79 Å². The molecule has 0 aliphatic rings. The Morgan fingerprint density at radius 1 is 1.06 bits per heavy atom. The lowest BCUT2D eigenvalue weighted by molar-refractivity contribution is 0.565. The summed E-state index contributed by atoms with van der Waals surface area (Å²) in [6.45, 7) is 2.14. The maximum absolute atomic E-state index is 10.4. The molecule has 0 fully saturated rings. The van der Waals surface area contributed by atoms with E-state index in [1.54, 1.807) is 6.08 Å². The van der Waals surface area contributed by atoms with Crippen LogP contribution in [0.5, 0.6) is 0 Å². The summed E-state index contributed by atoms with van der Waals surface area (Å²) in [5.41, 5.74) is 3.09. The van der Waals surface area contributed by atoms with Gasteiger partial charge < -0.3 is 0 Å². The van der Waals surface area contributed by atoms with E-state index in [2.05, 4.69) is 24.0 Å². The number of benzene rings is 2. The molecule has 1 atom stereocenters. The minimum atomic E-state index is 0.320. The highest BCUT2D eigenvalue weighted by Gasteiger charge is 2.10. The normalized spacial score (nSPS) is 11.6. The van der Waals surface area contributed by atoms with Gasteiger partial charge in [0.1, 0.15) is 0 Å². The van der Waals surface area contributed by atoms with Crippen molar-refractivity contribution in [2.75, 3.05) is 0 Å². The summed E-state index contributed by atoms with van der Waals surface area (Å²) in [6, 6.07) is 18.0. The van der Waals surface area contributed by atoms with Crippen molar-refractivity contribution in [3.8, 4) is 0 Å². The van der Waals surface area contributed by atoms with Crippen molar-refractivity contribution in [1.29, 1.82) is 0 Å². The molecule has 1 unspecified atom stereocenters. The predicted octanol–water partition coefficient (Wildman–Crippen LogP) is 4.00. The third-order valence-electron chi connectivity index (χ3n) is 3.02. The summed E-state index contributed by atoms with van der Waals surface area (Å²) >= 11 is 0. The van der Waals surface area contributed by atoms with Gasteiger partial charge in [0, 0.05) is 0 Å². The third kappa shape index (κ3) is 2.93. The quantitative estimate of drug-likeness (QED) is 0.583. The number of rotatable bonds is 4. The monoisotopic (exact) mass is 237 g/mol. The number of isocyanates is 1. The largest absolute Gasteiger partial charge is 0.240 e. The van der Waals surface area contributed by atoms with Gasteiger partial charge in [0.15, 0.2) is 0 Å². The van der Waals surface area contributed by atoms with Gasteiger partial charge >= 0.3 is 0 Å². The first-order valence-corrected chi connectivity index (χ1v) is 6.02. The standard InChI is InChI=1S/C16H15NO/c1-13(11-14-7-3-2-4-8-14)15-9-5-6-10-16(15)17-12-18/h2-10,13H,11H2,1H3. The van der Waals surface area contributed by atoms with Crippen molar-refractivity contribution >= 4 is 11.8 Å². The van der Waals surface area contributed by atoms with Gasteiger partial charge in [0.05, 0.1) is 5.69 Å². The van der Waals surface area contributed by atoms with Crippen LogP contribution >= 0.6 is 0 Å². The van der Waals surface area contributed by atoms with E-state index in [4.69, 9.17) is 0 Å². The van der Waals surface area contributed by atoms with Crippen molar-refractivity contribution in [1.82, 2.24) is 0 Å². The molecule has 90 valence electrons. The van der Waals surface area contributed by atoms with Crippen LogP contribution in [0.2, 0.25) is 0 Å². The van der Waals surface area contributed by atoms with E-state index in [0.29, 0.717) is 5.92 Å². The van der Waals surface area contributed by atoms with Crippen LogP contribution in [0.3, 0.4) is 0 Å². The Bertz CT molecular complexity index is 556. The average molecular weight is 237 g/mol. The van der Waals surface area contributed by atoms with Gasteiger partial charge in [0.2, 0.25) is 6.08 Å². The molecule has 0 bridgehead atoms. The van der Waals surface area contributed by atoms with Crippen molar-refractivity contribution in [2.24, 2.45) is 4.99 Å². The lowest BCUT2D eigenvalue weighted by atomic mass is 9.92. The molecule has 18 heavy (non-hydrogen) atoms. The first kappa shape index (κ1) is 12.3. The fourth-order valence-electron chi connectivity index (χ4n) is 2.13. The Hall–Kier alpha value is -2.18. The Morgan fingerprint density at radius 3 is 2.44 bits per heavy atom. The molecule has 0 heterocycles. The fourth-order valence-corrected chi connectivity index (χ4v) is 2.13. The van der Waals surface area contributed by atoms with Crippen LogP contribution in [0.4, 0.5) is 5.69 Å². The molecule has 0 aliphatic carbocycles. The van der Waals surface area contributed by atoms with Gasteiger partial charge in [-0.15, -0.1) is 0 Å². The van der Waals surface area contributed by atoms with E-state index in [-0.39, 0.29) is 0 Å². The summed E-state index contributed by atoms with van der Waals surface area (Å²) in [7, 11) is 0. The van der Waals surface area contributed by atoms with Gasteiger partial charge in [-0.2, -0.15) is 4.99 Å². The molecule has 0 saturated carbocycles.